The van der Waals surface area contributed by atoms with Crippen LogP contribution < -0.4 is 10.6 Å². The Labute approximate surface area is 206 Å². The number of benzene rings is 4. The largest absolute Gasteiger partial charge is 0.399 e. The summed E-state index contributed by atoms with van der Waals surface area (Å²) >= 11 is 0. The summed E-state index contributed by atoms with van der Waals surface area (Å²) in [6, 6.07) is 24.6. The van der Waals surface area contributed by atoms with Gasteiger partial charge in [-0.3, -0.25) is 9.59 Å². The Bertz CT molecular complexity index is 1280. The maximum Gasteiger partial charge on any atom is 0.255 e. The molecule has 0 unspecified atom stereocenters. The smallest absolute Gasteiger partial charge is 0.255 e. The third-order valence-electron chi connectivity index (χ3n) is 5.23. The van der Waals surface area contributed by atoms with Crippen molar-refractivity contribution in [3.63, 3.8) is 0 Å². The van der Waals surface area contributed by atoms with Gasteiger partial charge in [0.05, 0.1) is 0 Å². The summed E-state index contributed by atoms with van der Waals surface area (Å²) in [4.78, 5) is 29.7. The van der Waals surface area contributed by atoms with Gasteiger partial charge in [-0.1, -0.05) is 29.4 Å². The van der Waals surface area contributed by atoms with Gasteiger partial charge in [-0.2, -0.15) is 0 Å². The van der Waals surface area contributed by atoms with Gasteiger partial charge >= 0.3 is 0 Å². The molecule has 0 heterocycles. The van der Waals surface area contributed by atoms with E-state index in [-0.39, 0.29) is 11.8 Å². The third kappa shape index (κ3) is 5.98. The molecular weight excluding hydrogens is 464 g/mol. The van der Waals surface area contributed by atoms with Crippen LogP contribution in [0.2, 0.25) is 0 Å². The van der Waals surface area contributed by atoms with E-state index in [4.69, 9.17) is 4.84 Å². The summed E-state index contributed by atoms with van der Waals surface area (Å²) in [6.07, 6.45) is 0. The molecule has 180 valence electrons. The summed E-state index contributed by atoms with van der Waals surface area (Å²) in [5, 5.41) is 9.66. The molecular formula is C28H21F2N3O3. The second kappa shape index (κ2) is 11.1. The molecule has 6 nitrogen and oxygen atoms in total. The van der Waals surface area contributed by atoms with Crippen LogP contribution in [0.5, 0.6) is 0 Å². The lowest BCUT2D eigenvalue weighted by atomic mass is 10.0. The number of hydrogen-bond donors (Lipinski definition) is 2. The number of hydrogen-bond acceptors (Lipinski definition) is 4. The fourth-order valence-electron chi connectivity index (χ4n) is 3.40. The lowest BCUT2D eigenvalue weighted by Crippen LogP contribution is -2.12. The molecule has 4 aromatic carbocycles. The molecule has 0 aromatic heterocycles. The molecule has 0 aliphatic carbocycles. The molecule has 0 bridgehead atoms. The zero-order valence-corrected chi connectivity index (χ0v) is 19.2. The average Bonchev–Trinajstić information content (AvgIpc) is 2.89. The number of nitrogens with zero attached hydrogens (tertiary/aromatic N) is 1. The van der Waals surface area contributed by atoms with Crippen molar-refractivity contribution < 1.29 is 23.2 Å². The highest BCUT2D eigenvalue weighted by molar-refractivity contribution is 6.13. The van der Waals surface area contributed by atoms with E-state index in [9.17, 15) is 18.4 Å². The maximum absolute atomic E-state index is 13.1. The van der Waals surface area contributed by atoms with Gasteiger partial charge in [0, 0.05) is 33.6 Å². The Balaban J connectivity index is 1.45. The average molecular weight is 485 g/mol. The summed E-state index contributed by atoms with van der Waals surface area (Å²) in [5.74, 6) is -1.54. The SMILES string of the molecule is CON=C(c1ccc(NC(=O)c2ccc(F)cc2)cc1)c1ccc(NC(=O)c2ccc(F)cc2)cc1. The third-order valence-corrected chi connectivity index (χ3v) is 5.23. The summed E-state index contributed by atoms with van der Waals surface area (Å²) < 4.78 is 26.2. The number of carbonyl (C=O) groups excluding carboxylic acids is 2. The minimum Gasteiger partial charge on any atom is -0.399 e. The number of oxime groups is 1. The van der Waals surface area contributed by atoms with Crippen molar-refractivity contribution in [1.82, 2.24) is 0 Å². The Hall–Kier alpha value is -4.85. The van der Waals surface area contributed by atoms with Crippen LogP contribution in [0.25, 0.3) is 0 Å². The molecule has 4 rings (SSSR count). The van der Waals surface area contributed by atoms with Crippen molar-refractivity contribution in [3.05, 3.63) is 131 Å². The van der Waals surface area contributed by atoms with Crippen molar-refractivity contribution in [2.75, 3.05) is 17.7 Å². The van der Waals surface area contributed by atoms with Crippen molar-refractivity contribution in [2.45, 2.75) is 0 Å². The van der Waals surface area contributed by atoms with E-state index < -0.39 is 11.6 Å². The van der Waals surface area contributed by atoms with Gasteiger partial charge in [-0.25, -0.2) is 8.78 Å². The van der Waals surface area contributed by atoms with Gasteiger partial charge < -0.3 is 15.5 Å². The second-order valence-corrected chi connectivity index (χ2v) is 7.70. The van der Waals surface area contributed by atoms with Crippen LogP contribution in [0.1, 0.15) is 31.8 Å². The molecule has 2 amide bonds. The first-order valence-electron chi connectivity index (χ1n) is 10.9. The van der Waals surface area contributed by atoms with Crippen LogP contribution in [0.3, 0.4) is 0 Å². The van der Waals surface area contributed by atoms with Crippen molar-refractivity contribution >= 4 is 28.9 Å². The zero-order chi connectivity index (χ0) is 25.5. The van der Waals surface area contributed by atoms with Crippen LogP contribution in [0.4, 0.5) is 20.2 Å². The second-order valence-electron chi connectivity index (χ2n) is 7.70. The number of carbonyl (C=O) groups is 2. The monoisotopic (exact) mass is 485 g/mol. The predicted octanol–water partition coefficient (Wildman–Crippen LogP) is 5.87. The molecule has 0 saturated carbocycles. The normalized spacial score (nSPS) is 10.3. The zero-order valence-electron chi connectivity index (χ0n) is 19.2. The molecule has 0 fully saturated rings. The first kappa shape index (κ1) is 24.3. The number of halogens is 2. The molecule has 0 saturated heterocycles. The minimum absolute atomic E-state index is 0.341. The highest BCUT2D eigenvalue weighted by Gasteiger charge is 2.12. The van der Waals surface area contributed by atoms with Gasteiger partial charge in [-0.15, -0.1) is 0 Å². The van der Waals surface area contributed by atoms with Crippen molar-refractivity contribution in [3.8, 4) is 0 Å². The van der Waals surface area contributed by atoms with E-state index in [1.165, 1.54) is 55.6 Å². The minimum atomic E-state index is -0.413. The summed E-state index contributed by atoms with van der Waals surface area (Å²) in [6.45, 7) is 0. The van der Waals surface area contributed by atoms with E-state index >= 15 is 0 Å². The molecule has 2 N–H and O–H groups in total. The van der Waals surface area contributed by atoms with Gasteiger partial charge in [0.15, 0.2) is 0 Å². The number of nitrogens with one attached hydrogen (secondary N) is 2. The lowest BCUT2D eigenvalue weighted by Gasteiger charge is -2.10. The van der Waals surface area contributed by atoms with E-state index in [0.717, 1.165) is 11.1 Å². The maximum atomic E-state index is 13.1. The Morgan fingerprint density at radius 2 is 0.917 bits per heavy atom. The summed E-state index contributed by atoms with van der Waals surface area (Å²) in [7, 11) is 1.44. The van der Waals surface area contributed by atoms with Gasteiger partial charge in [-0.05, 0) is 72.8 Å². The first-order valence-corrected chi connectivity index (χ1v) is 10.9. The van der Waals surface area contributed by atoms with E-state index in [1.54, 1.807) is 48.5 Å². The fourth-order valence-corrected chi connectivity index (χ4v) is 3.40. The summed E-state index contributed by atoms with van der Waals surface area (Å²) in [5.41, 5.74) is 3.82. The van der Waals surface area contributed by atoms with Crippen LogP contribution >= 0.6 is 0 Å². The van der Waals surface area contributed by atoms with E-state index in [1.807, 2.05) is 0 Å². The van der Waals surface area contributed by atoms with Crippen LogP contribution in [0, 0.1) is 11.6 Å². The van der Waals surface area contributed by atoms with Gasteiger partial charge in [0.2, 0.25) is 0 Å². The molecule has 8 heteroatoms. The molecule has 0 aliphatic rings. The highest BCUT2D eigenvalue weighted by Crippen LogP contribution is 2.19. The Morgan fingerprint density at radius 1 is 0.583 bits per heavy atom. The fraction of sp³-hybridized carbons (Fsp3) is 0.0357. The number of anilines is 2. The highest BCUT2D eigenvalue weighted by atomic mass is 19.1. The van der Waals surface area contributed by atoms with E-state index in [0.29, 0.717) is 28.2 Å². The molecule has 4 aromatic rings. The topological polar surface area (TPSA) is 79.8 Å². The molecule has 0 radical (unpaired) electrons. The van der Waals surface area contributed by atoms with E-state index in [2.05, 4.69) is 15.8 Å². The van der Waals surface area contributed by atoms with Crippen LogP contribution in [0.15, 0.2) is 102 Å². The quantitative estimate of drug-likeness (QED) is 0.254. The number of rotatable bonds is 7. The number of amides is 2. The molecule has 36 heavy (non-hydrogen) atoms. The molecule has 0 aliphatic heterocycles. The first-order chi connectivity index (χ1) is 17.4. The van der Waals surface area contributed by atoms with Crippen LogP contribution in [-0.4, -0.2) is 24.6 Å². The predicted molar refractivity (Wildman–Crippen MR) is 134 cm³/mol. The van der Waals surface area contributed by atoms with Gasteiger partial charge in [0.25, 0.3) is 11.8 Å². The lowest BCUT2D eigenvalue weighted by molar-refractivity contribution is 0.101. The molecule has 0 atom stereocenters. The standard InChI is InChI=1S/C28H21F2N3O3/c1-36-33-26(18-6-14-24(15-7-18)31-27(34)20-2-10-22(29)11-3-20)19-8-16-25(17-9-19)32-28(35)21-4-12-23(30)13-5-21/h2-17H,1H3,(H,31,34)(H,32,35). The Kier molecular flexibility index (Phi) is 7.45. The van der Waals surface area contributed by atoms with Gasteiger partial charge in [0.1, 0.15) is 24.5 Å². The Morgan fingerprint density at radius 3 is 1.25 bits per heavy atom. The van der Waals surface area contributed by atoms with Crippen molar-refractivity contribution in [2.24, 2.45) is 5.16 Å². The van der Waals surface area contributed by atoms with Crippen molar-refractivity contribution in [1.29, 1.82) is 0 Å². The molecule has 0 spiro atoms. The van der Waals surface area contributed by atoms with Crippen LogP contribution in [-0.2, 0) is 4.84 Å².